The van der Waals surface area contributed by atoms with E-state index in [-0.39, 0.29) is 76.1 Å². The fourth-order valence-corrected chi connectivity index (χ4v) is 12.6. The number of carboxylic acid groups (broad SMARTS) is 1. The minimum atomic E-state index is -1.86. The first kappa shape index (κ1) is 97.9. The molecule has 0 spiro atoms. The lowest BCUT2D eigenvalue weighted by Gasteiger charge is -2.29. The number of carbonyl (C=O) groups is 16. The van der Waals surface area contributed by atoms with Gasteiger partial charge in [-0.3, -0.25) is 76.7 Å². The maximum absolute atomic E-state index is 15.0. The average molecular weight is 1700 g/mol. The van der Waals surface area contributed by atoms with Crippen LogP contribution in [0.25, 0.3) is 10.9 Å². The van der Waals surface area contributed by atoms with Crippen LogP contribution in [-0.2, 0) is 107 Å². The van der Waals surface area contributed by atoms with E-state index in [4.69, 9.17) is 27.7 Å². The summed E-state index contributed by atoms with van der Waals surface area (Å²) < 4.78 is 5.33. The molecule has 40 heteroatoms. The molecule has 0 aliphatic heterocycles. The Labute approximate surface area is 698 Å². The van der Waals surface area contributed by atoms with Crippen LogP contribution >= 0.6 is 25.3 Å². The highest BCUT2D eigenvalue weighted by molar-refractivity contribution is 7.80. The SMILES string of the molecule is CC(=O)N[C@@H](CS)C(=O)N[C@@H](C)C(=O)N[C@@H](CC(=O)O)C(=O)N[C@@H](Cc1c[nH]c2ccccc12)C(=O)N[C@H](C(=O)N[C@@H](CS)C(=O)N[C@@H](Cc1ccc(O)cc1)C(=O)N[C@@H](CCc1ccccc1)C(=O)N[C@@H](CCCN)C(=O)N[C@@H](CN)C(=O)N[C@@H](Cc1ccccc1)C(=O)NCC(=O)NCCOCC(=O)N[C@H](CCCCN)C(N)=O)C(C)C. The van der Waals surface area contributed by atoms with Crippen molar-refractivity contribution in [2.45, 2.75) is 171 Å². The van der Waals surface area contributed by atoms with Gasteiger partial charge in [0.2, 0.25) is 88.6 Å². The molecule has 5 rings (SSSR count). The number of hydrogen-bond acceptors (Lipinski definition) is 23. The first-order valence-corrected chi connectivity index (χ1v) is 40.0. The number of unbranched alkanes of at least 4 members (excludes halogenated alkanes) is 1. The Bertz CT molecular complexity index is 4240. The number of nitrogens with two attached hydrogens (primary N) is 4. The van der Waals surface area contributed by atoms with E-state index in [0.717, 1.165) is 12.5 Å². The minimum Gasteiger partial charge on any atom is -0.508 e. The number of benzene rings is 4. The van der Waals surface area contributed by atoms with Gasteiger partial charge in [0.15, 0.2) is 0 Å². The molecular formula is C79H111N19O19S2. The van der Waals surface area contributed by atoms with E-state index in [0.29, 0.717) is 53.4 Å². The average Bonchev–Trinajstić information content (AvgIpc) is 1.70. The number of carboxylic acids is 1. The number of para-hydroxylation sites is 1. The summed E-state index contributed by atoms with van der Waals surface area (Å²) in [6.07, 6.45) is 1.40. The van der Waals surface area contributed by atoms with E-state index in [1.807, 2.05) is 0 Å². The zero-order valence-corrected chi connectivity index (χ0v) is 68.4. The fraction of sp³-hybridized carbons (Fsp3) is 0.468. The molecule has 0 aliphatic carbocycles. The molecule has 0 unspecified atom stereocenters. The van der Waals surface area contributed by atoms with E-state index in [1.165, 1.54) is 31.2 Å². The van der Waals surface area contributed by atoms with Gasteiger partial charge in [0.05, 0.1) is 19.6 Å². The number of aliphatic carboxylic acids is 1. The summed E-state index contributed by atoms with van der Waals surface area (Å²) in [5.74, 6) is -16.1. The van der Waals surface area contributed by atoms with Gasteiger partial charge < -0.3 is 117 Å². The summed E-state index contributed by atoms with van der Waals surface area (Å²) in [6.45, 7) is 4.17. The van der Waals surface area contributed by atoms with Crippen LogP contribution in [0, 0.1) is 5.92 Å². The molecule has 12 atom stereocenters. The summed E-state index contributed by atoms with van der Waals surface area (Å²) in [6, 6.07) is 12.4. The number of phenols is 1. The van der Waals surface area contributed by atoms with Gasteiger partial charge in [-0.05, 0) is 111 Å². The number of aromatic hydroxyl groups is 1. The van der Waals surface area contributed by atoms with E-state index in [1.54, 1.807) is 105 Å². The van der Waals surface area contributed by atoms with Gasteiger partial charge in [0, 0.05) is 67.9 Å². The Kier molecular flexibility index (Phi) is 42.3. The Hall–Kier alpha value is -11.7. The summed E-state index contributed by atoms with van der Waals surface area (Å²) in [5.41, 5.74) is 25.8. The van der Waals surface area contributed by atoms with Crippen molar-refractivity contribution in [3.05, 3.63) is 138 Å². The molecule has 1 heterocycles. The summed E-state index contributed by atoms with van der Waals surface area (Å²) >= 11 is 8.47. The molecule has 0 saturated carbocycles. The number of ether oxygens (including phenoxy) is 1. The second-order valence-corrected chi connectivity index (χ2v) is 29.1. The number of aryl methyl sites for hydroxylation is 1. The van der Waals surface area contributed by atoms with Gasteiger partial charge >= 0.3 is 5.97 Å². The highest BCUT2D eigenvalue weighted by Crippen LogP contribution is 2.21. The first-order valence-electron chi connectivity index (χ1n) is 38.7. The van der Waals surface area contributed by atoms with Crippen LogP contribution in [0.1, 0.15) is 94.9 Å². The normalized spacial score (nSPS) is 14.1. The highest BCUT2D eigenvalue weighted by Gasteiger charge is 2.38. The second kappa shape index (κ2) is 51.5. The van der Waals surface area contributed by atoms with Crippen molar-refractivity contribution >= 4 is 131 Å². The lowest BCUT2D eigenvalue weighted by Crippen LogP contribution is -2.62. The monoisotopic (exact) mass is 1690 g/mol. The molecule has 119 heavy (non-hydrogen) atoms. The maximum Gasteiger partial charge on any atom is 0.305 e. The van der Waals surface area contributed by atoms with Crippen LogP contribution in [0.5, 0.6) is 5.75 Å². The standard InChI is InChI=1S/C79H111N19O19S2/c1-44(2)67(98-75(112)59(36-50-39-85-53-21-12-11-20-52(50)53)95-74(111)60(37-66(103)104)92-69(106)45(3)87-77(114)62(42-118)88-46(4)99)79(116)97-63(43-119)78(115)94-58(35-49-24-27-51(100)28-25-49)73(110)91-56(29-26-47-16-7-5-8-17-47)72(109)90-55(23-15-31-81)71(108)96-61(38-82)76(113)93-57(34-48-18-9-6-10-19-48)70(107)86-40-64(101)84-32-33-117-41-65(102)89-54(68(83)105)22-13-14-30-80/h5-12,16-21,24-25,27-28,39,44-45,54-63,67,85,100,118-119H,13-15,22-23,26,29-38,40-43,80-82H2,1-4H3,(H2,83,105)(H,84,101)(H,86,107)(H,87,114)(H,88,99)(H,89,102)(H,90,109)(H,91,110)(H,92,106)(H,93,113)(H,94,115)(H,95,111)(H,96,108)(H,97,116)(H,98,112)(H,103,104)/t45-,54+,55-,56-,57-,58-,59-,60-,61-,62-,63-,67-/m0/s1. The van der Waals surface area contributed by atoms with Gasteiger partial charge in [-0.15, -0.1) is 0 Å². The topological polar surface area (TPSA) is 611 Å². The third kappa shape index (κ3) is 34.4. The number of nitrogens with one attached hydrogen (secondary N) is 15. The number of H-pyrrole nitrogens is 1. The molecular weight excluding hydrogens is 1580 g/mol. The molecule has 5 aromatic rings. The molecule has 38 nitrogen and oxygen atoms in total. The van der Waals surface area contributed by atoms with Crippen molar-refractivity contribution in [2.24, 2.45) is 28.9 Å². The molecule has 15 amide bonds. The quantitative estimate of drug-likeness (QED) is 0.0130. The number of carbonyl (C=O) groups excluding carboxylic acids is 15. The predicted molar refractivity (Wildman–Crippen MR) is 444 cm³/mol. The third-order valence-corrected chi connectivity index (χ3v) is 19.3. The maximum atomic E-state index is 15.0. The Morgan fingerprint density at radius 1 is 0.454 bits per heavy atom. The zero-order valence-electron chi connectivity index (χ0n) is 66.7. The van der Waals surface area contributed by atoms with Gasteiger partial charge in [-0.1, -0.05) is 105 Å². The number of aromatic amines is 1. The summed E-state index contributed by atoms with van der Waals surface area (Å²) in [5, 5.41) is 56.4. The Morgan fingerprint density at radius 2 is 0.933 bits per heavy atom. The number of amides is 15. The minimum absolute atomic E-state index is 0.0218. The van der Waals surface area contributed by atoms with E-state index < -0.39 is 205 Å². The predicted octanol–water partition coefficient (Wildman–Crippen LogP) is -4.06. The number of rotatable bonds is 53. The number of aromatic nitrogens is 1. The molecule has 0 bridgehead atoms. The van der Waals surface area contributed by atoms with Gasteiger partial charge in [-0.25, -0.2) is 0 Å². The van der Waals surface area contributed by atoms with Gasteiger partial charge in [0.25, 0.3) is 0 Å². The van der Waals surface area contributed by atoms with Crippen LogP contribution < -0.4 is 97.4 Å². The molecule has 4 aromatic carbocycles. The molecule has 1 aromatic heterocycles. The van der Waals surface area contributed by atoms with Crippen molar-refractivity contribution in [1.29, 1.82) is 0 Å². The van der Waals surface area contributed by atoms with Crippen LogP contribution in [0.2, 0.25) is 0 Å². The van der Waals surface area contributed by atoms with E-state index >= 15 is 4.79 Å². The molecule has 0 saturated heterocycles. The van der Waals surface area contributed by atoms with Crippen molar-refractivity contribution in [3.63, 3.8) is 0 Å². The highest BCUT2D eigenvalue weighted by atomic mass is 32.1. The fourth-order valence-electron chi connectivity index (χ4n) is 12.1. The molecule has 0 fully saturated rings. The summed E-state index contributed by atoms with van der Waals surface area (Å²) in [7, 11) is 0. The second-order valence-electron chi connectivity index (χ2n) is 28.4. The van der Waals surface area contributed by atoms with Gasteiger partial charge in [-0.2, -0.15) is 25.3 Å². The van der Waals surface area contributed by atoms with Crippen LogP contribution in [-0.4, -0.2) is 240 Å². The van der Waals surface area contributed by atoms with Crippen molar-refractivity contribution in [1.82, 2.24) is 79.4 Å². The van der Waals surface area contributed by atoms with E-state index in [2.05, 4.69) is 105 Å². The largest absolute Gasteiger partial charge is 0.508 e. The molecule has 25 N–H and O–H groups in total. The van der Waals surface area contributed by atoms with Crippen LogP contribution in [0.15, 0.2) is 115 Å². The third-order valence-electron chi connectivity index (χ3n) is 18.6. The Balaban J connectivity index is 1.34. The lowest BCUT2D eigenvalue weighted by molar-refractivity contribution is -0.141. The van der Waals surface area contributed by atoms with Crippen molar-refractivity contribution in [2.75, 3.05) is 57.4 Å². The number of phenolic OH excluding ortho intramolecular Hbond substituents is 1. The van der Waals surface area contributed by atoms with Crippen LogP contribution in [0.3, 0.4) is 0 Å². The van der Waals surface area contributed by atoms with Crippen LogP contribution in [0.4, 0.5) is 0 Å². The lowest BCUT2D eigenvalue weighted by atomic mass is 9.99. The van der Waals surface area contributed by atoms with E-state index in [9.17, 15) is 82.1 Å². The van der Waals surface area contributed by atoms with Crippen molar-refractivity contribution in [3.8, 4) is 5.75 Å². The van der Waals surface area contributed by atoms with Crippen molar-refractivity contribution < 1.29 is 91.7 Å². The number of thiol groups is 2. The number of hydrogen-bond donors (Lipinski definition) is 23. The zero-order chi connectivity index (χ0) is 87.7. The number of primary amides is 1. The Morgan fingerprint density at radius 3 is 1.51 bits per heavy atom. The first-order chi connectivity index (χ1) is 56.8. The smallest absolute Gasteiger partial charge is 0.305 e. The molecule has 0 radical (unpaired) electrons. The van der Waals surface area contributed by atoms with Gasteiger partial charge in [0.1, 0.15) is 84.9 Å². The molecule has 648 valence electrons. The summed E-state index contributed by atoms with van der Waals surface area (Å²) in [4.78, 5) is 221. The number of fused-ring (bicyclic) bond motifs is 1. The molecule has 0 aliphatic rings.